The molecule has 0 fully saturated rings. The van der Waals surface area contributed by atoms with Gasteiger partial charge in [-0.15, -0.1) is 0 Å². The molecule has 2 rings (SSSR count). The van der Waals surface area contributed by atoms with E-state index in [2.05, 4.69) is 54.2 Å². The number of rotatable bonds is 7. The van der Waals surface area contributed by atoms with Gasteiger partial charge in [0.25, 0.3) is 0 Å². The fourth-order valence-electron chi connectivity index (χ4n) is 1.75. The van der Waals surface area contributed by atoms with E-state index in [1.54, 1.807) is 0 Å². The minimum atomic E-state index is 0.271. The average molecular weight is 419 g/mol. The van der Waals surface area contributed by atoms with Gasteiger partial charge in [-0.05, 0) is 56.1 Å². The van der Waals surface area contributed by atoms with E-state index >= 15 is 0 Å². The van der Waals surface area contributed by atoms with Crippen molar-refractivity contribution in [2.24, 2.45) is 0 Å². The zero-order valence-corrected chi connectivity index (χ0v) is 15.1. The maximum absolute atomic E-state index is 5.77. The van der Waals surface area contributed by atoms with E-state index in [4.69, 9.17) is 9.26 Å². The fraction of sp³-hybridized carbons (Fsp3) is 0.429. The largest absolute Gasteiger partial charge is 0.483 e. The summed E-state index contributed by atoms with van der Waals surface area (Å²) in [5.74, 6) is 1.90. The Morgan fingerprint density at radius 1 is 1.24 bits per heavy atom. The summed E-state index contributed by atoms with van der Waals surface area (Å²) in [6.45, 7) is 6.07. The molecular weight excluding hydrogens is 402 g/mol. The van der Waals surface area contributed by atoms with Crippen molar-refractivity contribution in [2.75, 3.05) is 6.54 Å². The highest BCUT2D eigenvalue weighted by Gasteiger charge is 2.11. The third kappa shape index (κ3) is 4.52. The number of hydrogen-bond acceptors (Lipinski definition) is 5. The molecule has 0 saturated heterocycles. The van der Waals surface area contributed by atoms with Gasteiger partial charge in [0.15, 0.2) is 6.61 Å². The molecule has 0 saturated carbocycles. The fourth-order valence-corrected chi connectivity index (χ4v) is 3.26. The third-order valence-corrected chi connectivity index (χ3v) is 3.97. The van der Waals surface area contributed by atoms with Gasteiger partial charge in [-0.1, -0.05) is 19.0 Å². The first-order valence-corrected chi connectivity index (χ1v) is 8.35. The zero-order chi connectivity index (χ0) is 15.2. The van der Waals surface area contributed by atoms with E-state index < -0.39 is 0 Å². The van der Waals surface area contributed by atoms with Crippen molar-refractivity contribution in [1.29, 1.82) is 0 Å². The molecule has 0 radical (unpaired) electrons. The lowest BCUT2D eigenvalue weighted by molar-refractivity contribution is 0.282. The summed E-state index contributed by atoms with van der Waals surface area (Å²) in [4.78, 5) is 4.22. The molecule has 114 valence electrons. The predicted molar refractivity (Wildman–Crippen MR) is 87.2 cm³/mol. The van der Waals surface area contributed by atoms with E-state index in [1.165, 1.54) is 5.56 Å². The molecule has 0 amide bonds. The zero-order valence-electron chi connectivity index (χ0n) is 11.9. The van der Waals surface area contributed by atoms with E-state index in [0.29, 0.717) is 11.7 Å². The van der Waals surface area contributed by atoms with Gasteiger partial charge in [0.05, 0.1) is 8.95 Å². The molecule has 0 aliphatic carbocycles. The van der Waals surface area contributed by atoms with Gasteiger partial charge in [-0.2, -0.15) is 4.98 Å². The summed E-state index contributed by atoms with van der Waals surface area (Å²) in [5.41, 5.74) is 1.18. The smallest absolute Gasteiger partial charge is 0.226 e. The molecule has 0 bridgehead atoms. The number of nitrogens with zero attached hydrogens (tertiary/aromatic N) is 2. The highest BCUT2D eigenvalue weighted by atomic mass is 79.9. The van der Waals surface area contributed by atoms with Crippen LogP contribution >= 0.6 is 31.9 Å². The number of aryl methyl sites for hydroxylation is 1. The second-order valence-corrected chi connectivity index (χ2v) is 6.12. The standard InChI is InChI=1S/C14H17Br2N3O2/c1-3-13-18-12(19-21-13)8-20-14-10(15)5-9(6-11(14)16)7-17-4-2/h5-6,17H,3-4,7-8H2,1-2H3. The van der Waals surface area contributed by atoms with Gasteiger partial charge >= 0.3 is 0 Å². The number of halogens is 2. The summed E-state index contributed by atoms with van der Waals surface area (Å²) >= 11 is 7.07. The molecule has 2 aromatic rings. The Morgan fingerprint density at radius 2 is 1.95 bits per heavy atom. The lowest BCUT2D eigenvalue weighted by Gasteiger charge is -2.11. The van der Waals surface area contributed by atoms with Crippen LogP contribution < -0.4 is 10.1 Å². The van der Waals surface area contributed by atoms with Crippen molar-refractivity contribution in [3.05, 3.63) is 38.4 Å². The Labute approximate surface area is 140 Å². The van der Waals surface area contributed by atoms with Crippen LogP contribution in [0.15, 0.2) is 25.6 Å². The highest BCUT2D eigenvalue weighted by molar-refractivity contribution is 9.11. The molecule has 7 heteroatoms. The molecule has 0 aliphatic heterocycles. The molecule has 0 atom stereocenters. The Morgan fingerprint density at radius 3 is 2.52 bits per heavy atom. The Kier molecular flexibility index (Phi) is 6.20. The lowest BCUT2D eigenvalue weighted by atomic mass is 10.2. The van der Waals surface area contributed by atoms with Gasteiger partial charge in [-0.25, -0.2) is 0 Å². The highest BCUT2D eigenvalue weighted by Crippen LogP contribution is 2.35. The first-order valence-electron chi connectivity index (χ1n) is 6.76. The van der Waals surface area contributed by atoms with Gasteiger partial charge in [0, 0.05) is 13.0 Å². The molecule has 0 spiro atoms. The van der Waals surface area contributed by atoms with Crippen LogP contribution in [0.5, 0.6) is 5.75 Å². The molecule has 21 heavy (non-hydrogen) atoms. The Balaban J connectivity index is 2.05. The first-order chi connectivity index (χ1) is 10.1. The summed E-state index contributed by atoms with van der Waals surface area (Å²) < 4.78 is 12.6. The van der Waals surface area contributed by atoms with Crippen LogP contribution in [0, 0.1) is 0 Å². The first kappa shape index (κ1) is 16.5. The van der Waals surface area contributed by atoms with E-state index in [-0.39, 0.29) is 6.61 Å². The normalized spacial score (nSPS) is 10.9. The number of nitrogens with one attached hydrogen (secondary N) is 1. The van der Waals surface area contributed by atoms with Crippen LogP contribution in [0.1, 0.15) is 31.1 Å². The second kappa shape index (κ2) is 7.91. The van der Waals surface area contributed by atoms with Crippen molar-refractivity contribution in [3.8, 4) is 5.75 Å². The van der Waals surface area contributed by atoms with Gasteiger partial charge in [0.1, 0.15) is 5.75 Å². The van der Waals surface area contributed by atoms with Crippen LogP contribution in [-0.2, 0) is 19.6 Å². The second-order valence-electron chi connectivity index (χ2n) is 4.42. The third-order valence-electron chi connectivity index (χ3n) is 2.80. The Hall–Kier alpha value is -0.920. The van der Waals surface area contributed by atoms with Crippen molar-refractivity contribution in [2.45, 2.75) is 33.4 Å². The number of aromatic nitrogens is 2. The molecule has 1 aromatic carbocycles. The van der Waals surface area contributed by atoms with Crippen molar-refractivity contribution < 1.29 is 9.26 Å². The Bertz CT molecular complexity index is 579. The maximum atomic E-state index is 5.77. The molecule has 5 nitrogen and oxygen atoms in total. The average Bonchev–Trinajstić information content (AvgIpc) is 2.92. The van der Waals surface area contributed by atoms with Crippen LogP contribution in [-0.4, -0.2) is 16.7 Å². The lowest BCUT2D eigenvalue weighted by Crippen LogP contribution is -2.11. The summed E-state index contributed by atoms with van der Waals surface area (Å²) in [6, 6.07) is 4.08. The summed E-state index contributed by atoms with van der Waals surface area (Å²) in [6.07, 6.45) is 0.722. The quantitative estimate of drug-likeness (QED) is 0.739. The molecule has 1 aromatic heterocycles. The number of ether oxygens (including phenoxy) is 1. The monoisotopic (exact) mass is 417 g/mol. The molecule has 1 N–H and O–H groups in total. The van der Waals surface area contributed by atoms with Gasteiger partial charge in [0.2, 0.25) is 11.7 Å². The SMILES string of the molecule is CCNCc1cc(Br)c(OCc2noc(CC)n2)c(Br)c1. The minimum absolute atomic E-state index is 0.271. The van der Waals surface area contributed by atoms with Crippen LogP contribution in [0.3, 0.4) is 0 Å². The molecular formula is C14H17Br2N3O2. The van der Waals surface area contributed by atoms with Crippen molar-refractivity contribution in [1.82, 2.24) is 15.5 Å². The summed E-state index contributed by atoms with van der Waals surface area (Å²) in [7, 11) is 0. The van der Waals surface area contributed by atoms with Crippen LogP contribution in [0.2, 0.25) is 0 Å². The van der Waals surface area contributed by atoms with Crippen LogP contribution in [0.25, 0.3) is 0 Å². The summed E-state index contributed by atoms with van der Waals surface area (Å²) in [5, 5.41) is 7.16. The predicted octanol–water partition coefficient (Wildman–Crippen LogP) is 3.85. The van der Waals surface area contributed by atoms with Crippen LogP contribution in [0.4, 0.5) is 0 Å². The van der Waals surface area contributed by atoms with Gasteiger partial charge < -0.3 is 14.6 Å². The van der Waals surface area contributed by atoms with Crippen molar-refractivity contribution >= 4 is 31.9 Å². The van der Waals surface area contributed by atoms with E-state index in [9.17, 15) is 0 Å². The molecule has 0 unspecified atom stereocenters. The minimum Gasteiger partial charge on any atom is -0.483 e. The van der Waals surface area contributed by atoms with Gasteiger partial charge in [-0.3, -0.25) is 0 Å². The van der Waals surface area contributed by atoms with E-state index in [1.807, 2.05) is 19.1 Å². The number of hydrogen-bond donors (Lipinski definition) is 1. The van der Waals surface area contributed by atoms with Crippen molar-refractivity contribution in [3.63, 3.8) is 0 Å². The van der Waals surface area contributed by atoms with E-state index in [0.717, 1.165) is 34.2 Å². The maximum Gasteiger partial charge on any atom is 0.226 e. The molecule has 0 aliphatic rings. The number of benzene rings is 1. The topological polar surface area (TPSA) is 60.2 Å². The molecule has 1 heterocycles.